The molecule has 82 valence electrons. The summed E-state index contributed by atoms with van der Waals surface area (Å²) in [7, 11) is 1.84. The molecule has 2 heterocycles. The average molecular weight is 215 g/mol. The van der Waals surface area contributed by atoms with Gasteiger partial charge in [0.25, 0.3) is 0 Å². The molecule has 0 radical (unpaired) electrons. The lowest BCUT2D eigenvalue weighted by Crippen LogP contribution is -2.07. The standard InChI is InChI=1S/C12H13N3O/c1-13-12-10(3-2-6-14-12)9-15-7-4-11(16)5-8-15/h2-8H,9H2,1H3,(H,13,14). The fraction of sp³-hybridized carbons (Fsp3) is 0.167. The minimum absolute atomic E-state index is 0.0243. The lowest BCUT2D eigenvalue weighted by Gasteiger charge is -2.09. The molecule has 0 saturated carbocycles. The van der Waals surface area contributed by atoms with Crippen LogP contribution in [0.3, 0.4) is 0 Å². The van der Waals surface area contributed by atoms with E-state index in [0.717, 1.165) is 11.4 Å². The Bertz CT molecular complexity index is 513. The largest absolute Gasteiger partial charge is 0.373 e. The second-order valence-electron chi connectivity index (χ2n) is 3.47. The van der Waals surface area contributed by atoms with Crippen molar-refractivity contribution in [2.24, 2.45) is 0 Å². The van der Waals surface area contributed by atoms with Crippen LogP contribution < -0.4 is 10.7 Å². The van der Waals surface area contributed by atoms with Crippen LogP contribution in [-0.2, 0) is 6.54 Å². The summed E-state index contributed by atoms with van der Waals surface area (Å²) in [5, 5.41) is 3.04. The Hall–Kier alpha value is -2.10. The van der Waals surface area contributed by atoms with Crippen molar-refractivity contribution in [2.75, 3.05) is 12.4 Å². The normalized spacial score (nSPS) is 10.1. The Labute approximate surface area is 93.6 Å². The second-order valence-corrected chi connectivity index (χ2v) is 3.47. The van der Waals surface area contributed by atoms with Gasteiger partial charge in [0.15, 0.2) is 5.43 Å². The SMILES string of the molecule is CNc1ncccc1Cn1ccc(=O)cc1. The first-order valence-electron chi connectivity index (χ1n) is 5.07. The van der Waals surface area contributed by atoms with Crippen LogP contribution in [0.4, 0.5) is 5.82 Å². The van der Waals surface area contributed by atoms with Crippen molar-refractivity contribution in [3.63, 3.8) is 0 Å². The van der Waals surface area contributed by atoms with Gasteiger partial charge in [0.2, 0.25) is 0 Å². The third kappa shape index (κ3) is 2.28. The molecular weight excluding hydrogens is 202 g/mol. The van der Waals surface area contributed by atoms with Gasteiger partial charge in [0, 0.05) is 43.3 Å². The van der Waals surface area contributed by atoms with Crippen molar-refractivity contribution in [3.05, 3.63) is 58.6 Å². The number of nitrogens with zero attached hydrogens (tertiary/aromatic N) is 2. The van der Waals surface area contributed by atoms with Crippen LogP contribution in [0.5, 0.6) is 0 Å². The lowest BCUT2D eigenvalue weighted by atomic mass is 10.2. The van der Waals surface area contributed by atoms with Gasteiger partial charge >= 0.3 is 0 Å². The third-order valence-electron chi connectivity index (χ3n) is 2.34. The van der Waals surface area contributed by atoms with E-state index in [9.17, 15) is 4.79 Å². The summed E-state index contributed by atoms with van der Waals surface area (Å²) in [5.41, 5.74) is 1.12. The van der Waals surface area contributed by atoms with E-state index in [1.165, 1.54) is 0 Å². The minimum Gasteiger partial charge on any atom is -0.373 e. The van der Waals surface area contributed by atoms with E-state index in [1.54, 1.807) is 30.7 Å². The highest BCUT2D eigenvalue weighted by molar-refractivity contribution is 5.42. The molecule has 0 spiro atoms. The summed E-state index contributed by atoms with van der Waals surface area (Å²) in [6.07, 6.45) is 5.30. The van der Waals surface area contributed by atoms with E-state index in [0.29, 0.717) is 6.54 Å². The Kier molecular flexibility index (Phi) is 3.00. The molecule has 0 aromatic carbocycles. The van der Waals surface area contributed by atoms with Gasteiger partial charge in [0.05, 0.1) is 6.54 Å². The zero-order chi connectivity index (χ0) is 11.4. The predicted molar refractivity (Wildman–Crippen MR) is 63.6 cm³/mol. The van der Waals surface area contributed by atoms with Crippen molar-refractivity contribution in [3.8, 4) is 0 Å². The van der Waals surface area contributed by atoms with E-state index < -0.39 is 0 Å². The number of anilines is 1. The maximum absolute atomic E-state index is 11.0. The van der Waals surface area contributed by atoms with Crippen LogP contribution >= 0.6 is 0 Å². The number of nitrogens with one attached hydrogen (secondary N) is 1. The molecule has 2 aromatic rings. The summed E-state index contributed by atoms with van der Waals surface area (Å²) >= 11 is 0. The fourth-order valence-corrected chi connectivity index (χ4v) is 1.54. The van der Waals surface area contributed by atoms with Gasteiger partial charge < -0.3 is 9.88 Å². The quantitative estimate of drug-likeness (QED) is 0.840. The van der Waals surface area contributed by atoms with Crippen LogP contribution in [0.1, 0.15) is 5.56 Å². The van der Waals surface area contributed by atoms with E-state index >= 15 is 0 Å². The first-order valence-corrected chi connectivity index (χ1v) is 5.07. The fourth-order valence-electron chi connectivity index (χ4n) is 1.54. The molecule has 16 heavy (non-hydrogen) atoms. The number of hydrogen-bond donors (Lipinski definition) is 1. The van der Waals surface area contributed by atoms with Crippen LogP contribution in [0.25, 0.3) is 0 Å². The van der Waals surface area contributed by atoms with Crippen LogP contribution in [0, 0.1) is 0 Å². The molecule has 0 aliphatic heterocycles. The van der Waals surface area contributed by atoms with Crippen molar-refractivity contribution in [2.45, 2.75) is 6.54 Å². The Morgan fingerprint density at radius 2 is 2.06 bits per heavy atom. The van der Waals surface area contributed by atoms with Gasteiger partial charge in [-0.3, -0.25) is 4.79 Å². The molecule has 4 nitrogen and oxygen atoms in total. The summed E-state index contributed by atoms with van der Waals surface area (Å²) in [4.78, 5) is 15.2. The Morgan fingerprint density at radius 1 is 1.31 bits per heavy atom. The third-order valence-corrected chi connectivity index (χ3v) is 2.34. The minimum atomic E-state index is 0.0243. The molecule has 2 aromatic heterocycles. The second kappa shape index (κ2) is 4.61. The summed E-state index contributed by atoms with van der Waals surface area (Å²) in [6.45, 7) is 0.699. The molecule has 0 aliphatic rings. The number of hydrogen-bond acceptors (Lipinski definition) is 3. The monoisotopic (exact) mass is 215 g/mol. The molecule has 1 N–H and O–H groups in total. The molecule has 0 amide bonds. The highest BCUT2D eigenvalue weighted by Gasteiger charge is 2.00. The maximum atomic E-state index is 11.0. The lowest BCUT2D eigenvalue weighted by molar-refractivity contribution is 0.786. The first kappa shape index (κ1) is 10.4. The number of pyridine rings is 2. The number of rotatable bonds is 3. The predicted octanol–water partition coefficient (Wildman–Crippen LogP) is 1.33. The van der Waals surface area contributed by atoms with E-state index in [-0.39, 0.29) is 5.43 Å². The highest BCUT2D eigenvalue weighted by Crippen LogP contribution is 2.11. The topological polar surface area (TPSA) is 46.9 Å². The molecule has 0 unspecified atom stereocenters. The molecule has 4 heteroatoms. The summed E-state index contributed by atoms with van der Waals surface area (Å²) < 4.78 is 1.94. The zero-order valence-electron chi connectivity index (χ0n) is 9.05. The van der Waals surface area contributed by atoms with E-state index in [1.807, 2.05) is 23.7 Å². The van der Waals surface area contributed by atoms with Crippen LogP contribution in [0.2, 0.25) is 0 Å². The van der Waals surface area contributed by atoms with Crippen molar-refractivity contribution >= 4 is 5.82 Å². The molecule has 0 saturated heterocycles. The molecule has 2 rings (SSSR count). The summed E-state index contributed by atoms with van der Waals surface area (Å²) in [5.74, 6) is 0.862. The highest BCUT2D eigenvalue weighted by atomic mass is 16.1. The van der Waals surface area contributed by atoms with E-state index in [4.69, 9.17) is 0 Å². The summed E-state index contributed by atoms with van der Waals surface area (Å²) in [6, 6.07) is 7.01. The van der Waals surface area contributed by atoms with Crippen molar-refractivity contribution in [1.82, 2.24) is 9.55 Å². The Morgan fingerprint density at radius 3 is 2.75 bits per heavy atom. The average Bonchev–Trinajstić information content (AvgIpc) is 2.33. The molecule has 0 fully saturated rings. The van der Waals surface area contributed by atoms with Gasteiger partial charge in [-0.1, -0.05) is 6.07 Å². The molecule has 0 bridgehead atoms. The molecule has 0 aliphatic carbocycles. The molecule has 0 atom stereocenters. The smallest absolute Gasteiger partial charge is 0.181 e. The zero-order valence-corrected chi connectivity index (χ0v) is 9.05. The number of aromatic nitrogens is 2. The van der Waals surface area contributed by atoms with Gasteiger partial charge in [-0.25, -0.2) is 4.98 Å². The van der Waals surface area contributed by atoms with Gasteiger partial charge in [-0.05, 0) is 6.07 Å². The van der Waals surface area contributed by atoms with Crippen molar-refractivity contribution < 1.29 is 0 Å². The van der Waals surface area contributed by atoms with E-state index in [2.05, 4.69) is 10.3 Å². The van der Waals surface area contributed by atoms with Crippen molar-refractivity contribution in [1.29, 1.82) is 0 Å². The van der Waals surface area contributed by atoms with Crippen LogP contribution in [-0.4, -0.2) is 16.6 Å². The van der Waals surface area contributed by atoms with Gasteiger partial charge in [0.1, 0.15) is 5.82 Å². The first-order chi connectivity index (χ1) is 7.79. The Balaban J connectivity index is 2.26. The van der Waals surface area contributed by atoms with Gasteiger partial charge in [-0.15, -0.1) is 0 Å². The van der Waals surface area contributed by atoms with Gasteiger partial charge in [-0.2, -0.15) is 0 Å². The maximum Gasteiger partial charge on any atom is 0.181 e. The van der Waals surface area contributed by atoms with Crippen LogP contribution in [0.15, 0.2) is 47.7 Å². The molecular formula is C12H13N3O.